The largest absolute Gasteiger partial charge is 0.468 e. The van der Waals surface area contributed by atoms with Gasteiger partial charge in [-0.05, 0) is 22.8 Å². The molecule has 0 spiro atoms. The minimum absolute atomic E-state index is 0.0403. The number of benzene rings is 3. The summed E-state index contributed by atoms with van der Waals surface area (Å²) in [5.74, 6) is -4.53. The Morgan fingerprint density at radius 2 is 1.09 bits per heavy atom. The molecule has 0 N–H and O–H groups in total. The average Bonchev–Trinajstić information content (AvgIpc) is 2.91. The number of hydrogen-bond acceptors (Lipinski definition) is 6. The molecule has 0 aliphatic rings. The van der Waals surface area contributed by atoms with Gasteiger partial charge < -0.3 is 9.47 Å². The molecule has 0 aromatic heterocycles. The maximum absolute atomic E-state index is 13.6. The summed E-state index contributed by atoms with van der Waals surface area (Å²) in [4.78, 5) is 26.8. The number of esters is 2. The predicted octanol–water partition coefficient (Wildman–Crippen LogP) is 2.78. The molecule has 0 bridgehead atoms. The Bertz CT molecular complexity index is 1180. The van der Waals surface area contributed by atoms with Crippen LogP contribution in [0.1, 0.15) is 0 Å². The molecule has 170 valence electrons. The van der Waals surface area contributed by atoms with Gasteiger partial charge in [0.2, 0.25) is 0 Å². The lowest BCUT2D eigenvalue weighted by Crippen LogP contribution is -2.43. The standard InChI is InChI=1S/C27H23N2O4P/c1-32-26(30)24(20(18-28)19-29)25(27(31)33-2)34(21-12-6-3-7-13-21,22-14-8-4-9-15-22)23-16-10-5-11-17-23/h3-17,20,24H,1-2H3. The van der Waals surface area contributed by atoms with Crippen molar-refractivity contribution in [2.24, 2.45) is 11.8 Å². The molecule has 6 nitrogen and oxygen atoms in total. The highest BCUT2D eigenvalue weighted by Gasteiger charge is 2.45. The summed E-state index contributed by atoms with van der Waals surface area (Å²) in [6.07, 6.45) is 0. The van der Waals surface area contributed by atoms with Crippen LogP contribution in [-0.2, 0) is 19.1 Å². The molecule has 3 aromatic carbocycles. The maximum Gasteiger partial charge on any atom is 0.335 e. The molecule has 0 aliphatic carbocycles. The maximum atomic E-state index is 13.6. The van der Waals surface area contributed by atoms with Gasteiger partial charge in [0.1, 0.15) is 5.92 Å². The quantitative estimate of drug-likeness (QED) is 0.389. The third-order valence-electron chi connectivity index (χ3n) is 5.55. The van der Waals surface area contributed by atoms with Crippen LogP contribution in [0.25, 0.3) is 0 Å². The van der Waals surface area contributed by atoms with E-state index in [-0.39, 0.29) is 5.29 Å². The second kappa shape index (κ2) is 11.1. The summed E-state index contributed by atoms with van der Waals surface area (Å²) in [6.45, 7) is -3.10. The SMILES string of the molecule is COC(=O)C(C(C(=O)OC)C(C#N)C#N)=P(c1ccccc1)(c1ccccc1)c1ccccc1. The lowest BCUT2D eigenvalue weighted by Gasteiger charge is -2.34. The Kier molecular flexibility index (Phi) is 8.04. The van der Waals surface area contributed by atoms with E-state index < -0.39 is 30.7 Å². The first-order valence-corrected chi connectivity index (χ1v) is 12.2. The van der Waals surface area contributed by atoms with Crippen LogP contribution in [0.15, 0.2) is 91.0 Å². The van der Waals surface area contributed by atoms with Crippen LogP contribution in [0.5, 0.6) is 0 Å². The smallest absolute Gasteiger partial charge is 0.335 e. The number of rotatable bonds is 7. The highest BCUT2D eigenvalue weighted by atomic mass is 31.2. The number of nitriles is 2. The van der Waals surface area contributed by atoms with Crippen molar-refractivity contribution in [3.63, 3.8) is 0 Å². The molecule has 3 aromatic rings. The Morgan fingerprint density at radius 3 is 1.38 bits per heavy atom. The van der Waals surface area contributed by atoms with Gasteiger partial charge in [-0.2, -0.15) is 10.5 Å². The molecular weight excluding hydrogens is 447 g/mol. The number of carbonyl (C=O) groups excluding carboxylic acids is 2. The first kappa shape index (κ1) is 24.5. The van der Waals surface area contributed by atoms with E-state index in [0.29, 0.717) is 0 Å². The zero-order valence-corrected chi connectivity index (χ0v) is 19.7. The molecule has 7 heteroatoms. The highest BCUT2D eigenvalue weighted by molar-refractivity contribution is 7.96. The van der Waals surface area contributed by atoms with E-state index >= 15 is 0 Å². The summed E-state index contributed by atoms with van der Waals surface area (Å²) < 4.78 is 10.2. The topological polar surface area (TPSA) is 100 Å². The first-order chi connectivity index (χ1) is 16.6. The van der Waals surface area contributed by atoms with E-state index in [1.807, 2.05) is 103 Å². The van der Waals surface area contributed by atoms with Crippen molar-refractivity contribution in [2.45, 2.75) is 0 Å². The van der Waals surface area contributed by atoms with E-state index in [2.05, 4.69) is 0 Å². The lowest BCUT2D eigenvalue weighted by molar-refractivity contribution is -0.145. The molecule has 1 atom stereocenters. The van der Waals surface area contributed by atoms with E-state index in [9.17, 15) is 20.1 Å². The van der Waals surface area contributed by atoms with Crippen molar-refractivity contribution in [1.82, 2.24) is 0 Å². The number of carbonyl (C=O) groups is 2. The lowest BCUT2D eigenvalue weighted by atomic mass is 9.91. The van der Waals surface area contributed by atoms with Crippen LogP contribution in [0.4, 0.5) is 0 Å². The van der Waals surface area contributed by atoms with Gasteiger partial charge in [0.25, 0.3) is 0 Å². The molecule has 0 saturated heterocycles. The van der Waals surface area contributed by atoms with Gasteiger partial charge in [-0.1, -0.05) is 91.0 Å². The van der Waals surface area contributed by atoms with Crippen molar-refractivity contribution < 1.29 is 19.1 Å². The second-order valence-electron chi connectivity index (χ2n) is 7.29. The molecule has 0 saturated carbocycles. The summed E-state index contributed by atoms with van der Waals surface area (Å²) in [6, 6.07) is 31.8. The van der Waals surface area contributed by atoms with Crippen LogP contribution < -0.4 is 15.9 Å². The van der Waals surface area contributed by atoms with Gasteiger partial charge in [0.05, 0.1) is 31.7 Å². The van der Waals surface area contributed by atoms with E-state index in [0.717, 1.165) is 15.9 Å². The molecule has 0 heterocycles. The molecule has 34 heavy (non-hydrogen) atoms. The minimum atomic E-state index is -3.10. The minimum Gasteiger partial charge on any atom is -0.468 e. The van der Waals surface area contributed by atoms with Crippen molar-refractivity contribution in [3.05, 3.63) is 91.0 Å². The van der Waals surface area contributed by atoms with Crippen LogP contribution in [0.2, 0.25) is 0 Å². The number of hydrogen-bond donors (Lipinski definition) is 0. The van der Waals surface area contributed by atoms with Crippen molar-refractivity contribution >= 4 is 40.0 Å². The summed E-state index contributed by atoms with van der Waals surface area (Å²) >= 11 is 0. The van der Waals surface area contributed by atoms with Gasteiger partial charge >= 0.3 is 11.9 Å². The highest BCUT2D eigenvalue weighted by Crippen LogP contribution is 2.49. The zero-order valence-electron chi connectivity index (χ0n) is 18.8. The van der Waals surface area contributed by atoms with E-state index in [1.165, 1.54) is 14.2 Å². The fourth-order valence-corrected chi connectivity index (χ4v) is 8.73. The normalized spacial score (nSPS) is 11.6. The van der Waals surface area contributed by atoms with Gasteiger partial charge in [0, 0.05) is 0 Å². The molecule has 1 unspecified atom stereocenters. The monoisotopic (exact) mass is 470 g/mol. The third-order valence-corrected chi connectivity index (χ3v) is 9.95. The Morgan fingerprint density at radius 1 is 0.706 bits per heavy atom. The van der Waals surface area contributed by atoms with Crippen LogP contribution in [-0.4, -0.2) is 31.5 Å². The number of methoxy groups -OCH3 is 2. The van der Waals surface area contributed by atoms with Gasteiger partial charge in [-0.25, -0.2) is 4.79 Å². The Hall–Kier alpha value is -4.12. The fraction of sp³-hybridized carbons (Fsp3) is 0.148. The third kappa shape index (κ3) is 4.37. The molecule has 0 aliphatic heterocycles. The summed E-state index contributed by atoms with van der Waals surface area (Å²) in [5, 5.41) is 21.9. The molecule has 0 fully saturated rings. The van der Waals surface area contributed by atoms with Gasteiger partial charge in [-0.3, -0.25) is 4.79 Å². The molecule has 0 amide bonds. The number of ether oxygens (including phenoxy) is 2. The summed E-state index contributed by atoms with van der Waals surface area (Å²) in [5.41, 5.74) is 0. The second-order valence-corrected chi connectivity index (χ2v) is 10.7. The van der Waals surface area contributed by atoms with Crippen LogP contribution in [0.3, 0.4) is 0 Å². The molecular formula is C27H23N2O4P. The van der Waals surface area contributed by atoms with Crippen LogP contribution in [0, 0.1) is 34.5 Å². The predicted molar refractivity (Wildman–Crippen MR) is 132 cm³/mol. The van der Waals surface area contributed by atoms with Gasteiger partial charge in [0.15, 0.2) is 5.92 Å². The summed E-state index contributed by atoms with van der Waals surface area (Å²) in [7, 11) is 2.39. The zero-order chi connectivity index (χ0) is 24.6. The van der Waals surface area contributed by atoms with Crippen molar-refractivity contribution in [1.29, 1.82) is 10.5 Å². The number of nitrogens with zero attached hydrogens (tertiary/aromatic N) is 2. The Labute approximate surface area is 199 Å². The van der Waals surface area contributed by atoms with E-state index in [4.69, 9.17) is 9.47 Å². The van der Waals surface area contributed by atoms with Crippen LogP contribution >= 0.6 is 6.89 Å². The van der Waals surface area contributed by atoms with Gasteiger partial charge in [-0.15, -0.1) is 0 Å². The first-order valence-electron chi connectivity index (χ1n) is 10.4. The van der Waals surface area contributed by atoms with Crippen molar-refractivity contribution in [2.75, 3.05) is 14.2 Å². The average molecular weight is 470 g/mol. The molecule has 3 rings (SSSR count). The fourth-order valence-electron chi connectivity index (χ4n) is 4.11. The Balaban J connectivity index is 2.73. The van der Waals surface area contributed by atoms with Crippen molar-refractivity contribution in [3.8, 4) is 12.1 Å². The molecule has 0 radical (unpaired) electrons. The van der Waals surface area contributed by atoms with E-state index in [1.54, 1.807) is 0 Å².